The monoisotopic (exact) mass is 452 g/mol. The van der Waals surface area contributed by atoms with E-state index in [-0.39, 0.29) is 29.7 Å². The molecule has 0 aromatic heterocycles. The number of hydrogen-bond donors (Lipinski definition) is 2. The van der Waals surface area contributed by atoms with Crippen molar-refractivity contribution in [1.29, 1.82) is 0 Å². The molecule has 2 aromatic carbocycles. The number of rotatable bonds is 7. The van der Waals surface area contributed by atoms with Gasteiger partial charge in [-0.1, -0.05) is 18.7 Å². The standard InChI is InChI=1S/C26H33FN4O2/c1-6-25(32)31-12-11-30(15-19(31)4)16-24(20-8-7-17(2)23(27)14-20)29-21-9-10-22(18(3)13-21)26(33)28-5/h6-10,13-14,19,24,29H,1,11-12,15-16H2,2-5H3,(H,28,33)/t19-,24+/m1/s1. The molecule has 0 aliphatic carbocycles. The van der Waals surface area contributed by atoms with Crippen LogP contribution in [0, 0.1) is 19.7 Å². The molecule has 0 saturated carbocycles. The Kier molecular flexibility index (Phi) is 7.87. The zero-order valence-electron chi connectivity index (χ0n) is 19.8. The third-order valence-electron chi connectivity index (χ3n) is 6.25. The van der Waals surface area contributed by atoms with Crippen molar-refractivity contribution >= 4 is 17.5 Å². The molecule has 6 nitrogen and oxygen atoms in total. The van der Waals surface area contributed by atoms with Crippen LogP contribution in [0.3, 0.4) is 0 Å². The lowest BCUT2D eigenvalue weighted by Gasteiger charge is -2.41. The fraction of sp³-hybridized carbons (Fsp3) is 0.385. The Morgan fingerprint density at radius 3 is 2.55 bits per heavy atom. The van der Waals surface area contributed by atoms with Crippen molar-refractivity contribution in [3.05, 3.63) is 77.1 Å². The van der Waals surface area contributed by atoms with Crippen molar-refractivity contribution in [3.8, 4) is 0 Å². The third kappa shape index (κ3) is 5.79. The van der Waals surface area contributed by atoms with Crippen molar-refractivity contribution in [2.24, 2.45) is 0 Å². The molecule has 7 heteroatoms. The predicted molar refractivity (Wildman–Crippen MR) is 130 cm³/mol. The Balaban J connectivity index is 1.83. The summed E-state index contributed by atoms with van der Waals surface area (Å²) in [6.07, 6.45) is 1.36. The molecule has 1 aliphatic heterocycles. The molecule has 0 bridgehead atoms. The summed E-state index contributed by atoms with van der Waals surface area (Å²) < 4.78 is 14.4. The molecule has 3 rings (SSSR count). The van der Waals surface area contributed by atoms with Gasteiger partial charge in [0.15, 0.2) is 0 Å². The average molecular weight is 453 g/mol. The molecular weight excluding hydrogens is 419 g/mol. The quantitative estimate of drug-likeness (QED) is 0.629. The number of hydrogen-bond acceptors (Lipinski definition) is 4. The number of halogens is 1. The molecule has 1 aliphatic rings. The molecule has 0 radical (unpaired) electrons. The number of amides is 2. The molecule has 176 valence electrons. The number of carbonyl (C=O) groups excluding carboxylic acids is 2. The van der Waals surface area contributed by atoms with Crippen molar-refractivity contribution in [1.82, 2.24) is 15.1 Å². The van der Waals surface area contributed by atoms with Crippen molar-refractivity contribution in [3.63, 3.8) is 0 Å². The van der Waals surface area contributed by atoms with Gasteiger partial charge in [-0.2, -0.15) is 0 Å². The Labute approximate surface area is 195 Å². The molecule has 2 N–H and O–H groups in total. The van der Waals surface area contributed by atoms with Crippen LogP contribution in [-0.2, 0) is 4.79 Å². The van der Waals surface area contributed by atoms with Gasteiger partial charge in [-0.3, -0.25) is 14.5 Å². The molecule has 1 fully saturated rings. The van der Waals surface area contributed by atoms with E-state index in [9.17, 15) is 14.0 Å². The van der Waals surface area contributed by atoms with Gasteiger partial charge < -0.3 is 15.5 Å². The lowest BCUT2D eigenvalue weighted by Crippen LogP contribution is -2.54. The maximum atomic E-state index is 14.4. The van der Waals surface area contributed by atoms with Crippen LogP contribution < -0.4 is 10.6 Å². The van der Waals surface area contributed by atoms with Gasteiger partial charge in [0.1, 0.15) is 5.82 Å². The summed E-state index contributed by atoms with van der Waals surface area (Å²) in [5.74, 6) is -0.415. The van der Waals surface area contributed by atoms with Crippen LogP contribution in [0.4, 0.5) is 10.1 Å². The minimum Gasteiger partial charge on any atom is -0.377 e. The summed E-state index contributed by atoms with van der Waals surface area (Å²) in [5, 5.41) is 6.19. The van der Waals surface area contributed by atoms with Gasteiger partial charge in [0.2, 0.25) is 5.91 Å². The SMILES string of the molecule is C=CC(=O)N1CCN(C[C@H](Nc2ccc(C(=O)NC)c(C)c2)c2ccc(C)c(F)c2)C[C@H]1C. The van der Waals surface area contributed by atoms with Crippen molar-refractivity contribution in [2.45, 2.75) is 32.9 Å². The Morgan fingerprint density at radius 2 is 1.94 bits per heavy atom. The van der Waals surface area contributed by atoms with Crippen LogP contribution in [0.1, 0.15) is 40.0 Å². The smallest absolute Gasteiger partial charge is 0.251 e. The van der Waals surface area contributed by atoms with Gasteiger partial charge in [0.25, 0.3) is 5.91 Å². The topological polar surface area (TPSA) is 64.7 Å². The number of nitrogens with zero attached hydrogens (tertiary/aromatic N) is 2. The van der Waals surface area contributed by atoms with E-state index in [1.54, 1.807) is 32.2 Å². The fourth-order valence-electron chi connectivity index (χ4n) is 4.31. The molecule has 1 heterocycles. The predicted octanol–water partition coefficient (Wildman–Crippen LogP) is 3.67. The summed E-state index contributed by atoms with van der Waals surface area (Å²) in [5.41, 5.74) is 3.80. The number of anilines is 1. The first-order chi connectivity index (χ1) is 15.7. The molecule has 2 amide bonds. The lowest BCUT2D eigenvalue weighted by molar-refractivity contribution is -0.130. The van der Waals surface area contributed by atoms with Gasteiger partial charge in [0, 0.05) is 50.5 Å². The van der Waals surface area contributed by atoms with Gasteiger partial charge in [-0.05, 0) is 67.8 Å². The van der Waals surface area contributed by atoms with Gasteiger partial charge >= 0.3 is 0 Å². The zero-order chi connectivity index (χ0) is 24.1. The highest BCUT2D eigenvalue weighted by atomic mass is 19.1. The Morgan fingerprint density at radius 1 is 1.18 bits per heavy atom. The van der Waals surface area contributed by atoms with E-state index >= 15 is 0 Å². The second-order valence-corrected chi connectivity index (χ2v) is 8.66. The first-order valence-corrected chi connectivity index (χ1v) is 11.2. The molecular formula is C26H33FN4O2. The summed E-state index contributed by atoms with van der Waals surface area (Å²) in [6, 6.07) is 10.8. The van der Waals surface area contributed by atoms with E-state index in [1.165, 1.54) is 6.08 Å². The fourth-order valence-corrected chi connectivity index (χ4v) is 4.31. The average Bonchev–Trinajstić information content (AvgIpc) is 2.79. The van der Waals surface area contributed by atoms with Crippen LogP contribution in [0.25, 0.3) is 0 Å². The number of piperazine rings is 1. The van der Waals surface area contributed by atoms with E-state index in [2.05, 4.69) is 22.1 Å². The molecule has 2 aromatic rings. The van der Waals surface area contributed by atoms with Gasteiger partial charge in [-0.25, -0.2) is 4.39 Å². The summed E-state index contributed by atoms with van der Waals surface area (Å²) >= 11 is 0. The second kappa shape index (κ2) is 10.6. The molecule has 33 heavy (non-hydrogen) atoms. The highest BCUT2D eigenvalue weighted by molar-refractivity contribution is 5.95. The van der Waals surface area contributed by atoms with E-state index in [0.29, 0.717) is 24.2 Å². The van der Waals surface area contributed by atoms with E-state index in [1.807, 2.05) is 36.9 Å². The van der Waals surface area contributed by atoms with E-state index in [4.69, 9.17) is 0 Å². The Bertz CT molecular complexity index is 1040. The lowest BCUT2D eigenvalue weighted by atomic mass is 10.0. The van der Waals surface area contributed by atoms with Gasteiger partial charge in [0.05, 0.1) is 6.04 Å². The molecule has 1 saturated heterocycles. The van der Waals surface area contributed by atoms with Crippen LogP contribution in [0.15, 0.2) is 49.1 Å². The first-order valence-electron chi connectivity index (χ1n) is 11.2. The number of nitrogens with one attached hydrogen (secondary N) is 2. The largest absolute Gasteiger partial charge is 0.377 e. The Hall–Kier alpha value is -3.19. The second-order valence-electron chi connectivity index (χ2n) is 8.66. The number of carbonyl (C=O) groups is 2. The maximum Gasteiger partial charge on any atom is 0.251 e. The zero-order valence-corrected chi connectivity index (χ0v) is 19.8. The third-order valence-corrected chi connectivity index (χ3v) is 6.25. The summed E-state index contributed by atoms with van der Waals surface area (Å²) in [6.45, 7) is 12.0. The van der Waals surface area contributed by atoms with Gasteiger partial charge in [-0.15, -0.1) is 0 Å². The molecule has 0 unspecified atom stereocenters. The van der Waals surface area contributed by atoms with Crippen LogP contribution in [0.2, 0.25) is 0 Å². The summed E-state index contributed by atoms with van der Waals surface area (Å²) in [7, 11) is 1.61. The summed E-state index contributed by atoms with van der Waals surface area (Å²) in [4.78, 5) is 28.2. The minimum absolute atomic E-state index is 0.0517. The van der Waals surface area contributed by atoms with Crippen LogP contribution >= 0.6 is 0 Å². The molecule has 2 atom stereocenters. The normalized spacial score (nSPS) is 17.4. The van der Waals surface area contributed by atoms with Crippen molar-refractivity contribution < 1.29 is 14.0 Å². The maximum absolute atomic E-state index is 14.4. The van der Waals surface area contributed by atoms with Crippen LogP contribution in [0.5, 0.6) is 0 Å². The van der Waals surface area contributed by atoms with E-state index < -0.39 is 0 Å². The van der Waals surface area contributed by atoms with Crippen LogP contribution in [-0.4, -0.2) is 60.9 Å². The number of aryl methyl sites for hydroxylation is 2. The minimum atomic E-state index is -0.236. The number of benzene rings is 2. The first kappa shape index (κ1) is 24.5. The molecule has 0 spiro atoms. The highest BCUT2D eigenvalue weighted by Gasteiger charge is 2.28. The van der Waals surface area contributed by atoms with E-state index in [0.717, 1.165) is 29.9 Å². The highest BCUT2D eigenvalue weighted by Crippen LogP contribution is 2.25. The van der Waals surface area contributed by atoms with Crippen molar-refractivity contribution in [2.75, 3.05) is 38.5 Å².